The summed E-state index contributed by atoms with van der Waals surface area (Å²) in [7, 11) is -0.503. The molecule has 2 unspecified atom stereocenters. The molecule has 0 aromatic heterocycles. The van der Waals surface area contributed by atoms with Gasteiger partial charge < -0.3 is 0 Å². The topological polar surface area (TPSA) is 0 Å². The molecule has 0 saturated heterocycles. The number of halogens is 1. The highest BCUT2D eigenvalue weighted by Gasteiger charge is 2.20. The molecule has 0 saturated carbocycles. The zero-order valence-electron chi connectivity index (χ0n) is 8.94. The van der Waals surface area contributed by atoms with Gasteiger partial charge in [-0.15, -0.1) is 11.6 Å². The lowest BCUT2D eigenvalue weighted by atomic mass is 10.4. The van der Waals surface area contributed by atoms with Crippen LogP contribution >= 0.6 is 11.6 Å². The van der Waals surface area contributed by atoms with Crippen molar-refractivity contribution in [1.29, 1.82) is 0 Å². The molecule has 0 aliphatic carbocycles. The maximum atomic E-state index is 5.72. The van der Waals surface area contributed by atoms with Gasteiger partial charge in [-0.2, -0.15) is 0 Å². The van der Waals surface area contributed by atoms with Crippen LogP contribution in [0.4, 0.5) is 0 Å². The van der Waals surface area contributed by atoms with Crippen LogP contribution in [0.5, 0.6) is 0 Å². The van der Waals surface area contributed by atoms with Crippen molar-refractivity contribution >= 4 is 20.4 Å². The molecule has 0 aliphatic heterocycles. The summed E-state index contributed by atoms with van der Waals surface area (Å²) in [5, 5.41) is 0. The third kappa shape index (κ3) is 4.51. The predicted molar refractivity (Wildman–Crippen MR) is 62.1 cm³/mol. The molecular formula is C10H23ClSi. The van der Waals surface area contributed by atoms with E-state index in [9.17, 15) is 0 Å². The fourth-order valence-corrected chi connectivity index (χ4v) is 6.13. The van der Waals surface area contributed by atoms with Crippen LogP contribution in [0.15, 0.2) is 0 Å². The first-order valence-corrected chi connectivity index (χ1v) is 7.87. The third-order valence-corrected chi connectivity index (χ3v) is 7.89. The molecule has 2 atom stereocenters. The predicted octanol–water partition coefficient (Wildman–Crippen LogP) is 4.05. The van der Waals surface area contributed by atoms with E-state index in [-0.39, 0.29) is 0 Å². The van der Waals surface area contributed by atoms with Crippen LogP contribution in [-0.4, -0.2) is 14.7 Å². The minimum atomic E-state index is -0.503. The van der Waals surface area contributed by atoms with Crippen molar-refractivity contribution in [2.24, 2.45) is 0 Å². The Morgan fingerprint density at radius 1 is 1.25 bits per heavy atom. The average molecular weight is 207 g/mol. The van der Waals surface area contributed by atoms with E-state index in [4.69, 9.17) is 11.6 Å². The Bertz CT molecular complexity index is 104. The van der Waals surface area contributed by atoms with Crippen LogP contribution in [0, 0.1) is 0 Å². The second-order valence-electron chi connectivity index (χ2n) is 4.12. The Morgan fingerprint density at radius 2 is 1.83 bits per heavy atom. The van der Waals surface area contributed by atoms with E-state index in [1.807, 2.05) is 0 Å². The van der Waals surface area contributed by atoms with Crippen molar-refractivity contribution in [2.45, 2.75) is 57.7 Å². The van der Waals surface area contributed by atoms with Gasteiger partial charge in [0.2, 0.25) is 0 Å². The van der Waals surface area contributed by atoms with Gasteiger partial charge in [0.05, 0.1) is 0 Å². The van der Waals surface area contributed by atoms with E-state index in [2.05, 4.69) is 27.7 Å². The maximum Gasteiger partial charge on any atom is 0.0422 e. The Labute approximate surface area is 84.3 Å². The van der Waals surface area contributed by atoms with Crippen LogP contribution < -0.4 is 0 Å². The molecule has 0 aromatic rings. The molecule has 0 heterocycles. The highest BCUT2D eigenvalue weighted by Crippen LogP contribution is 2.27. The minimum Gasteiger partial charge on any atom is -0.127 e. The molecule has 0 rings (SSSR count). The van der Waals surface area contributed by atoms with Gasteiger partial charge in [0.25, 0.3) is 0 Å². The minimum absolute atomic E-state index is 0.503. The van der Waals surface area contributed by atoms with E-state index in [1.165, 1.54) is 18.9 Å². The molecule has 0 aliphatic rings. The largest absolute Gasteiger partial charge is 0.127 e. The summed E-state index contributed by atoms with van der Waals surface area (Å²) >= 11 is 5.72. The Morgan fingerprint density at radius 3 is 2.17 bits per heavy atom. The SMILES string of the molecule is CCC(C)[SiH](CCCCl)C(C)C. The summed E-state index contributed by atoms with van der Waals surface area (Å²) in [5.41, 5.74) is 1.94. The van der Waals surface area contributed by atoms with E-state index in [0.717, 1.165) is 17.0 Å². The maximum absolute atomic E-state index is 5.72. The fourth-order valence-electron chi connectivity index (χ4n) is 1.89. The Kier molecular flexibility index (Phi) is 7.26. The van der Waals surface area contributed by atoms with E-state index >= 15 is 0 Å². The molecule has 2 heteroatoms. The fraction of sp³-hybridized carbons (Fsp3) is 1.00. The quantitative estimate of drug-likeness (QED) is 0.455. The zero-order valence-corrected chi connectivity index (χ0v) is 10.8. The molecule has 12 heavy (non-hydrogen) atoms. The van der Waals surface area contributed by atoms with Crippen molar-refractivity contribution in [3.8, 4) is 0 Å². The molecule has 0 radical (unpaired) electrons. The number of rotatable bonds is 6. The molecule has 0 aromatic carbocycles. The van der Waals surface area contributed by atoms with Gasteiger partial charge in [0.1, 0.15) is 0 Å². The lowest BCUT2D eigenvalue weighted by Crippen LogP contribution is -2.22. The summed E-state index contributed by atoms with van der Waals surface area (Å²) < 4.78 is 0. The second kappa shape index (κ2) is 6.96. The van der Waals surface area contributed by atoms with Crippen LogP contribution in [-0.2, 0) is 0 Å². The van der Waals surface area contributed by atoms with Crippen molar-refractivity contribution in [1.82, 2.24) is 0 Å². The lowest BCUT2D eigenvalue weighted by molar-refractivity contribution is 0.807. The molecule has 0 bridgehead atoms. The van der Waals surface area contributed by atoms with Crippen molar-refractivity contribution in [2.75, 3.05) is 5.88 Å². The molecule has 0 N–H and O–H groups in total. The normalized spacial score (nSPS) is 16.5. The van der Waals surface area contributed by atoms with Gasteiger partial charge >= 0.3 is 0 Å². The summed E-state index contributed by atoms with van der Waals surface area (Å²) in [6, 6.07) is 1.44. The molecule has 0 nitrogen and oxygen atoms in total. The average Bonchev–Trinajstić information content (AvgIpc) is 2.04. The summed E-state index contributed by atoms with van der Waals surface area (Å²) in [6.45, 7) is 9.51. The van der Waals surface area contributed by atoms with Gasteiger partial charge in [-0.3, -0.25) is 0 Å². The first-order valence-electron chi connectivity index (χ1n) is 5.19. The molecule has 0 spiro atoms. The highest BCUT2D eigenvalue weighted by molar-refractivity contribution is 6.61. The number of hydrogen-bond donors (Lipinski definition) is 0. The Balaban J connectivity index is 3.85. The van der Waals surface area contributed by atoms with E-state index < -0.39 is 8.80 Å². The molecule has 74 valence electrons. The smallest absolute Gasteiger partial charge is 0.0422 e. The van der Waals surface area contributed by atoms with Crippen LogP contribution in [0.2, 0.25) is 17.1 Å². The van der Waals surface area contributed by atoms with E-state index in [1.54, 1.807) is 0 Å². The molecule has 0 fully saturated rings. The van der Waals surface area contributed by atoms with Crippen molar-refractivity contribution < 1.29 is 0 Å². The van der Waals surface area contributed by atoms with Gasteiger partial charge in [-0.1, -0.05) is 51.2 Å². The van der Waals surface area contributed by atoms with Crippen molar-refractivity contribution in [3.05, 3.63) is 0 Å². The second-order valence-corrected chi connectivity index (χ2v) is 8.88. The highest BCUT2D eigenvalue weighted by atomic mass is 35.5. The summed E-state index contributed by atoms with van der Waals surface area (Å²) in [5.74, 6) is 0.854. The third-order valence-electron chi connectivity index (χ3n) is 2.90. The van der Waals surface area contributed by atoms with Gasteiger partial charge in [0.15, 0.2) is 0 Å². The van der Waals surface area contributed by atoms with Crippen LogP contribution in [0.25, 0.3) is 0 Å². The molecule has 0 amide bonds. The van der Waals surface area contributed by atoms with Gasteiger partial charge in [0, 0.05) is 14.7 Å². The lowest BCUT2D eigenvalue weighted by Gasteiger charge is -2.24. The van der Waals surface area contributed by atoms with E-state index in [0.29, 0.717) is 0 Å². The number of alkyl halides is 1. The monoisotopic (exact) mass is 206 g/mol. The summed E-state index contributed by atoms with van der Waals surface area (Å²) in [4.78, 5) is 0. The standard InChI is InChI=1S/C10H23ClSi/c1-5-10(4)12(9(2)3)8-6-7-11/h9-10,12H,5-8H2,1-4H3. The first kappa shape index (κ1) is 12.5. The van der Waals surface area contributed by atoms with Gasteiger partial charge in [-0.05, 0) is 6.42 Å². The zero-order chi connectivity index (χ0) is 9.56. The first-order chi connectivity index (χ1) is 5.63. The van der Waals surface area contributed by atoms with Crippen LogP contribution in [0.3, 0.4) is 0 Å². The van der Waals surface area contributed by atoms with Crippen LogP contribution in [0.1, 0.15) is 40.5 Å². The van der Waals surface area contributed by atoms with Gasteiger partial charge in [-0.25, -0.2) is 0 Å². The van der Waals surface area contributed by atoms with Crippen molar-refractivity contribution in [3.63, 3.8) is 0 Å². The summed E-state index contributed by atoms with van der Waals surface area (Å²) in [6.07, 6.45) is 2.60. The Hall–Kier alpha value is 0.507. The molecular weight excluding hydrogens is 184 g/mol. The number of hydrogen-bond acceptors (Lipinski definition) is 0.